The summed E-state index contributed by atoms with van der Waals surface area (Å²) >= 11 is 0. The third-order valence-corrected chi connectivity index (χ3v) is 10.00. The summed E-state index contributed by atoms with van der Waals surface area (Å²) in [7, 11) is 0. The van der Waals surface area contributed by atoms with E-state index in [1.54, 1.807) is 12.4 Å². The van der Waals surface area contributed by atoms with E-state index in [9.17, 15) is 0 Å². The van der Waals surface area contributed by atoms with Crippen molar-refractivity contribution < 1.29 is 0 Å². The maximum atomic E-state index is 5.11. The molecule has 1 aliphatic rings. The Morgan fingerprint density at radius 3 is 1.59 bits per heavy atom. The van der Waals surface area contributed by atoms with Gasteiger partial charge in [0, 0.05) is 39.6 Å². The molecule has 0 bridgehead atoms. The molecule has 5 aromatic heterocycles. The van der Waals surface area contributed by atoms with Gasteiger partial charge in [-0.1, -0.05) is 79.7 Å². The maximum Gasteiger partial charge on any atom is 0.235 e. The van der Waals surface area contributed by atoms with Crippen LogP contribution in [-0.2, 0) is 0 Å². The molecule has 242 valence electrons. The zero-order valence-electron chi connectivity index (χ0n) is 28.0. The van der Waals surface area contributed by atoms with Crippen LogP contribution in [0.15, 0.2) is 158 Å². The van der Waals surface area contributed by atoms with Crippen LogP contribution < -0.4 is 0 Å². The van der Waals surface area contributed by atoms with Gasteiger partial charge < -0.3 is 4.57 Å². The second-order valence-corrected chi connectivity index (χ2v) is 13.2. The van der Waals surface area contributed by atoms with Crippen molar-refractivity contribution in [3.8, 4) is 39.9 Å². The number of fused-ring (bicyclic) bond motifs is 6. The highest BCUT2D eigenvalue weighted by atomic mass is 15.2. The predicted molar refractivity (Wildman–Crippen MR) is 208 cm³/mol. The van der Waals surface area contributed by atoms with Crippen LogP contribution in [-0.4, -0.2) is 29.1 Å². The standard InChI is InChI=1S/C45H32N6/c1-29-16-20-32(21-17-29)50-41-14-4-2-10-33(41)35-26-30(18-22-43(35)50)31-19-23-44-36(27-31)34-11-3-5-15-42(34)51(44)45-48-39(37-12-6-8-24-46-37)28-40(49-45)38-13-7-9-25-47-38/h2-16,18-29H,17H2,1H3. The highest BCUT2D eigenvalue weighted by molar-refractivity contribution is 6.13. The summed E-state index contributed by atoms with van der Waals surface area (Å²) in [5, 5.41) is 4.79. The second kappa shape index (κ2) is 11.7. The van der Waals surface area contributed by atoms with Crippen molar-refractivity contribution in [2.75, 3.05) is 0 Å². The fraction of sp³-hybridized carbons (Fsp3) is 0.0667. The third kappa shape index (κ3) is 4.87. The van der Waals surface area contributed by atoms with Crippen molar-refractivity contribution in [1.29, 1.82) is 0 Å². The Balaban J connectivity index is 1.16. The molecule has 51 heavy (non-hydrogen) atoms. The highest BCUT2D eigenvalue weighted by Gasteiger charge is 2.19. The van der Waals surface area contributed by atoms with Crippen LogP contribution in [0.3, 0.4) is 0 Å². The number of rotatable bonds is 5. The van der Waals surface area contributed by atoms with Crippen LogP contribution in [0.25, 0.3) is 89.2 Å². The van der Waals surface area contributed by atoms with E-state index in [-0.39, 0.29) is 0 Å². The van der Waals surface area contributed by atoms with E-state index in [4.69, 9.17) is 9.97 Å². The van der Waals surface area contributed by atoms with Gasteiger partial charge in [0.05, 0.1) is 44.8 Å². The van der Waals surface area contributed by atoms with Crippen LogP contribution in [0.1, 0.15) is 13.3 Å². The molecular weight excluding hydrogens is 625 g/mol. The molecule has 0 saturated carbocycles. The van der Waals surface area contributed by atoms with Gasteiger partial charge in [0.25, 0.3) is 0 Å². The lowest BCUT2D eigenvalue weighted by atomic mass is 10.0. The SMILES string of the molecule is CC1C=CC(n2c3ccccc3c3cc(-c4ccc5c(c4)c4ccccc4n5-c4nc(-c5ccccn5)cc(-c5ccccn5)n4)ccc32)=CC1. The molecule has 0 aliphatic heterocycles. The van der Waals surface area contributed by atoms with E-state index in [0.29, 0.717) is 11.9 Å². The Kier molecular flexibility index (Phi) is 6.74. The first kappa shape index (κ1) is 29.3. The summed E-state index contributed by atoms with van der Waals surface area (Å²) in [6, 6.07) is 44.5. The number of benzene rings is 4. The topological polar surface area (TPSA) is 61.4 Å². The van der Waals surface area contributed by atoms with E-state index < -0.39 is 0 Å². The first-order chi connectivity index (χ1) is 25.2. The summed E-state index contributed by atoms with van der Waals surface area (Å²) in [5.74, 6) is 1.14. The molecule has 0 N–H and O–H groups in total. The number of hydrogen-bond donors (Lipinski definition) is 0. The van der Waals surface area contributed by atoms with Crippen LogP contribution in [0.5, 0.6) is 0 Å². The molecule has 0 amide bonds. The van der Waals surface area contributed by atoms with Crippen molar-refractivity contribution in [1.82, 2.24) is 29.1 Å². The Labute approximate surface area is 294 Å². The smallest absolute Gasteiger partial charge is 0.235 e. The normalized spacial score (nSPS) is 14.5. The van der Waals surface area contributed by atoms with Crippen LogP contribution in [0.2, 0.25) is 0 Å². The molecule has 0 spiro atoms. The maximum absolute atomic E-state index is 5.11. The molecule has 5 heterocycles. The van der Waals surface area contributed by atoms with Crippen molar-refractivity contribution >= 4 is 49.3 Å². The molecule has 0 fully saturated rings. The number of pyridine rings is 2. The van der Waals surface area contributed by atoms with E-state index in [1.807, 2.05) is 42.5 Å². The Bertz CT molecular complexity index is 2790. The van der Waals surface area contributed by atoms with Gasteiger partial charge in [-0.15, -0.1) is 0 Å². The van der Waals surface area contributed by atoms with Crippen molar-refractivity contribution in [2.24, 2.45) is 5.92 Å². The van der Waals surface area contributed by atoms with Crippen LogP contribution in [0, 0.1) is 5.92 Å². The van der Waals surface area contributed by atoms with E-state index in [2.05, 4.69) is 129 Å². The number of aromatic nitrogens is 6. The zero-order chi connectivity index (χ0) is 33.9. The van der Waals surface area contributed by atoms with Crippen LogP contribution >= 0.6 is 0 Å². The summed E-state index contributed by atoms with van der Waals surface area (Å²) in [4.78, 5) is 19.5. The van der Waals surface area contributed by atoms with Gasteiger partial charge >= 0.3 is 0 Å². The molecular formula is C45H32N6. The minimum Gasteiger partial charge on any atom is -0.310 e. The average molecular weight is 657 g/mol. The van der Waals surface area contributed by atoms with Crippen LogP contribution in [0.4, 0.5) is 0 Å². The highest BCUT2D eigenvalue weighted by Crippen LogP contribution is 2.39. The molecule has 0 saturated heterocycles. The molecule has 6 nitrogen and oxygen atoms in total. The minimum absolute atomic E-state index is 0.564. The second-order valence-electron chi connectivity index (χ2n) is 13.2. The first-order valence-electron chi connectivity index (χ1n) is 17.4. The Morgan fingerprint density at radius 1 is 0.510 bits per heavy atom. The van der Waals surface area contributed by atoms with Crippen molar-refractivity contribution in [3.63, 3.8) is 0 Å². The van der Waals surface area contributed by atoms with Gasteiger partial charge in [-0.05, 0) is 96.3 Å². The van der Waals surface area contributed by atoms with Crippen molar-refractivity contribution in [3.05, 3.63) is 158 Å². The fourth-order valence-electron chi connectivity index (χ4n) is 7.51. The lowest BCUT2D eigenvalue weighted by Gasteiger charge is -2.15. The molecule has 4 aromatic carbocycles. The first-order valence-corrected chi connectivity index (χ1v) is 17.4. The summed E-state index contributed by atoms with van der Waals surface area (Å²) in [6.45, 7) is 2.27. The molecule has 1 aliphatic carbocycles. The fourth-order valence-corrected chi connectivity index (χ4v) is 7.51. The molecule has 9 aromatic rings. The quantitative estimate of drug-likeness (QED) is 0.185. The Hall–Kier alpha value is -6.66. The van der Waals surface area contributed by atoms with Crippen molar-refractivity contribution in [2.45, 2.75) is 13.3 Å². The van der Waals surface area contributed by atoms with Gasteiger partial charge in [0.15, 0.2) is 0 Å². The monoisotopic (exact) mass is 656 g/mol. The van der Waals surface area contributed by atoms with E-state index in [1.165, 1.54) is 33.1 Å². The largest absolute Gasteiger partial charge is 0.310 e. The summed E-state index contributed by atoms with van der Waals surface area (Å²) in [6.07, 6.45) is 11.6. The molecule has 1 unspecified atom stereocenters. The molecule has 6 heteroatoms. The van der Waals surface area contributed by atoms with Gasteiger partial charge in [0.1, 0.15) is 0 Å². The average Bonchev–Trinajstić information content (AvgIpc) is 3.71. The number of para-hydroxylation sites is 2. The zero-order valence-corrected chi connectivity index (χ0v) is 28.0. The van der Waals surface area contributed by atoms with E-state index in [0.717, 1.165) is 56.6 Å². The summed E-state index contributed by atoms with van der Waals surface area (Å²) in [5.41, 5.74) is 11.1. The number of hydrogen-bond acceptors (Lipinski definition) is 4. The number of nitrogens with zero attached hydrogens (tertiary/aromatic N) is 6. The Morgan fingerprint density at radius 2 is 1.04 bits per heavy atom. The molecule has 0 radical (unpaired) electrons. The van der Waals surface area contributed by atoms with Gasteiger partial charge in [-0.3, -0.25) is 14.5 Å². The molecule has 10 rings (SSSR count). The van der Waals surface area contributed by atoms with Gasteiger partial charge in [-0.2, -0.15) is 0 Å². The minimum atomic E-state index is 0.564. The van der Waals surface area contributed by atoms with E-state index >= 15 is 0 Å². The number of allylic oxidation sites excluding steroid dienone is 4. The predicted octanol–water partition coefficient (Wildman–Crippen LogP) is 10.9. The lowest BCUT2D eigenvalue weighted by molar-refractivity contribution is 0.735. The lowest BCUT2D eigenvalue weighted by Crippen LogP contribution is -2.04. The molecule has 1 atom stereocenters. The summed E-state index contributed by atoms with van der Waals surface area (Å²) < 4.78 is 4.57. The van der Waals surface area contributed by atoms with Gasteiger partial charge in [0.2, 0.25) is 5.95 Å². The van der Waals surface area contributed by atoms with Gasteiger partial charge in [-0.25, -0.2) is 9.97 Å². The third-order valence-electron chi connectivity index (χ3n) is 10.00.